The molecule has 2 N–H and O–H groups in total. The van der Waals surface area contributed by atoms with Crippen molar-refractivity contribution in [1.82, 2.24) is 0 Å². The standard InChI is InChI=1S/C23H46O4.CH4O/c1-3-4-5-6-7-8-9-10-11-12-13-14-15-16-17-26-23-19-21(25-2)18-22(20-24)27-23;1-2/h21-24H,3-20H2,1-2H3;2H,1H3. The molecule has 1 saturated heterocycles. The second-order valence-corrected chi connectivity index (χ2v) is 8.17. The molecule has 1 heterocycles. The first-order valence-corrected chi connectivity index (χ1v) is 12.2. The summed E-state index contributed by atoms with van der Waals surface area (Å²) in [6.45, 7) is 3.07. The predicted molar refractivity (Wildman–Crippen MR) is 120 cm³/mol. The zero-order chi connectivity index (χ0) is 21.6. The number of ether oxygens (including phenoxy) is 3. The number of aliphatic hydroxyl groups excluding tert-OH is 2. The van der Waals surface area contributed by atoms with Crippen LogP contribution in [0.1, 0.15) is 110 Å². The van der Waals surface area contributed by atoms with Gasteiger partial charge in [-0.25, -0.2) is 0 Å². The van der Waals surface area contributed by atoms with Crippen molar-refractivity contribution >= 4 is 0 Å². The summed E-state index contributed by atoms with van der Waals surface area (Å²) >= 11 is 0. The fourth-order valence-corrected chi connectivity index (χ4v) is 3.86. The van der Waals surface area contributed by atoms with Gasteiger partial charge in [0.15, 0.2) is 6.29 Å². The summed E-state index contributed by atoms with van der Waals surface area (Å²) in [6, 6.07) is 0. The minimum Gasteiger partial charge on any atom is -0.400 e. The van der Waals surface area contributed by atoms with Gasteiger partial charge in [0.2, 0.25) is 0 Å². The third kappa shape index (κ3) is 17.2. The highest BCUT2D eigenvalue weighted by Gasteiger charge is 2.29. The molecule has 0 saturated carbocycles. The van der Waals surface area contributed by atoms with Gasteiger partial charge in [-0.1, -0.05) is 90.4 Å². The average Bonchev–Trinajstić information content (AvgIpc) is 2.77. The first-order valence-electron chi connectivity index (χ1n) is 12.2. The average molecular weight is 419 g/mol. The number of aliphatic hydroxyl groups is 2. The van der Waals surface area contributed by atoms with Gasteiger partial charge in [0, 0.05) is 33.7 Å². The van der Waals surface area contributed by atoms with Crippen molar-refractivity contribution in [3.63, 3.8) is 0 Å². The van der Waals surface area contributed by atoms with Gasteiger partial charge >= 0.3 is 0 Å². The van der Waals surface area contributed by atoms with Crippen LogP contribution in [0.2, 0.25) is 0 Å². The normalized spacial score (nSPS) is 21.6. The molecule has 3 atom stereocenters. The maximum Gasteiger partial charge on any atom is 0.160 e. The van der Waals surface area contributed by atoms with Crippen LogP contribution in [-0.4, -0.2) is 56.1 Å². The number of hydrogen-bond donors (Lipinski definition) is 2. The summed E-state index contributed by atoms with van der Waals surface area (Å²) < 4.78 is 17.0. The van der Waals surface area contributed by atoms with E-state index in [2.05, 4.69) is 6.92 Å². The maximum absolute atomic E-state index is 9.29. The van der Waals surface area contributed by atoms with Crippen LogP contribution >= 0.6 is 0 Å². The Balaban J connectivity index is 0.00000379. The van der Waals surface area contributed by atoms with Crippen LogP contribution in [0.5, 0.6) is 0 Å². The second-order valence-electron chi connectivity index (χ2n) is 8.17. The molecule has 1 rings (SSSR count). The van der Waals surface area contributed by atoms with Crippen molar-refractivity contribution in [1.29, 1.82) is 0 Å². The first-order chi connectivity index (χ1) is 14.3. The van der Waals surface area contributed by atoms with E-state index >= 15 is 0 Å². The van der Waals surface area contributed by atoms with E-state index < -0.39 is 0 Å². The van der Waals surface area contributed by atoms with E-state index in [9.17, 15) is 5.11 Å². The Labute approximate surface area is 180 Å². The van der Waals surface area contributed by atoms with Gasteiger partial charge in [-0.15, -0.1) is 0 Å². The maximum atomic E-state index is 9.29. The molecule has 0 aromatic heterocycles. The molecule has 3 unspecified atom stereocenters. The van der Waals surface area contributed by atoms with Gasteiger partial charge in [-0.3, -0.25) is 0 Å². The molecule has 5 nitrogen and oxygen atoms in total. The van der Waals surface area contributed by atoms with Crippen LogP contribution < -0.4 is 0 Å². The number of hydrogen-bond acceptors (Lipinski definition) is 5. The fraction of sp³-hybridized carbons (Fsp3) is 1.00. The Morgan fingerprint density at radius 1 is 0.759 bits per heavy atom. The SMILES string of the molecule is CCCCCCCCCCCCCCCCOC1CC(OC)CC(CO)O1.CO. The Bertz CT molecular complexity index is 302. The van der Waals surface area contributed by atoms with Crippen LogP contribution in [-0.2, 0) is 14.2 Å². The molecule has 1 aliphatic heterocycles. The second kappa shape index (κ2) is 22.5. The molecule has 0 bridgehead atoms. The molecular weight excluding hydrogens is 368 g/mol. The monoisotopic (exact) mass is 418 g/mol. The highest BCUT2D eigenvalue weighted by molar-refractivity contribution is 4.73. The quantitative estimate of drug-likeness (QED) is 0.283. The van der Waals surface area contributed by atoms with Crippen LogP contribution in [0.3, 0.4) is 0 Å². The summed E-state index contributed by atoms with van der Waals surface area (Å²) in [4.78, 5) is 0. The van der Waals surface area contributed by atoms with E-state index in [0.717, 1.165) is 33.0 Å². The predicted octanol–water partition coefficient (Wildman–Crippen LogP) is 5.61. The summed E-state index contributed by atoms with van der Waals surface area (Å²) in [6.07, 6.45) is 20.4. The van der Waals surface area contributed by atoms with Crippen LogP contribution in [0.25, 0.3) is 0 Å². The zero-order valence-electron chi connectivity index (χ0n) is 19.6. The van der Waals surface area contributed by atoms with Gasteiger partial charge in [-0.2, -0.15) is 0 Å². The van der Waals surface area contributed by atoms with E-state index in [0.29, 0.717) is 0 Å². The van der Waals surface area contributed by atoms with E-state index in [1.54, 1.807) is 7.11 Å². The van der Waals surface area contributed by atoms with Crippen molar-refractivity contribution in [3.8, 4) is 0 Å². The van der Waals surface area contributed by atoms with Gasteiger partial charge in [0.1, 0.15) is 0 Å². The Hall–Kier alpha value is -0.200. The van der Waals surface area contributed by atoms with Gasteiger partial charge < -0.3 is 24.4 Å². The molecule has 29 heavy (non-hydrogen) atoms. The molecule has 5 heteroatoms. The summed E-state index contributed by atoms with van der Waals surface area (Å²) in [5, 5.41) is 16.3. The smallest absolute Gasteiger partial charge is 0.160 e. The molecule has 0 aromatic carbocycles. The fourth-order valence-electron chi connectivity index (χ4n) is 3.86. The molecule has 0 radical (unpaired) electrons. The lowest BCUT2D eigenvalue weighted by molar-refractivity contribution is -0.225. The lowest BCUT2D eigenvalue weighted by Gasteiger charge is -2.33. The van der Waals surface area contributed by atoms with Gasteiger partial charge in [0.25, 0.3) is 0 Å². The topological polar surface area (TPSA) is 68.2 Å². The third-order valence-corrected chi connectivity index (χ3v) is 5.66. The van der Waals surface area contributed by atoms with E-state index in [-0.39, 0.29) is 25.1 Å². The van der Waals surface area contributed by atoms with Crippen molar-refractivity contribution in [2.45, 2.75) is 128 Å². The van der Waals surface area contributed by atoms with Crippen LogP contribution in [0, 0.1) is 0 Å². The minimum absolute atomic E-state index is 0.0403. The van der Waals surface area contributed by atoms with Gasteiger partial charge in [0.05, 0.1) is 18.8 Å². The lowest BCUT2D eigenvalue weighted by Crippen LogP contribution is -2.39. The van der Waals surface area contributed by atoms with Crippen molar-refractivity contribution in [2.24, 2.45) is 0 Å². The van der Waals surface area contributed by atoms with Crippen LogP contribution in [0.4, 0.5) is 0 Å². The van der Waals surface area contributed by atoms with E-state index in [4.69, 9.17) is 19.3 Å². The Morgan fingerprint density at radius 3 is 1.69 bits per heavy atom. The summed E-state index contributed by atoms with van der Waals surface area (Å²) in [5.74, 6) is 0. The highest BCUT2D eigenvalue weighted by atomic mass is 16.7. The molecule has 1 fully saturated rings. The van der Waals surface area contributed by atoms with Crippen molar-refractivity contribution < 1.29 is 24.4 Å². The largest absolute Gasteiger partial charge is 0.400 e. The molecular formula is C24H50O5. The third-order valence-electron chi connectivity index (χ3n) is 5.66. The molecule has 0 aromatic rings. The lowest BCUT2D eigenvalue weighted by atomic mass is 10.0. The van der Waals surface area contributed by atoms with Crippen LogP contribution in [0.15, 0.2) is 0 Å². The summed E-state index contributed by atoms with van der Waals surface area (Å²) in [5.41, 5.74) is 0. The zero-order valence-corrected chi connectivity index (χ0v) is 19.6. The first kappa shape index (κ1) is 28.8. The molecule has 0 spiro atoms. The van der Waals surface area contributed by atoms with Crippen molar-refractivity contribution in [2.75, 3.05) is 27.4 Å². The molecule has 1 aliphatic rings. The minimum atomic E-state index is -0.220. The Kier molecular flexibility index (Phi) is 22.3. The highest BCUT2D eigenvalue weighted by Crippen LogP contribution is 2.22. The molecule has 176 valence electrons. The van der Waals surface area contributed by atoms with Crippen molar-refractivity contribution in [3.05, 3.63) is 0 Å². The number of unbranched alkanes of at least 4 members (excludes halogenated alkanes) is 13. The summed E-state index contributed by atoms with van der Waals surface area (Å²) in [7, 11) is 2.72. The molecule has 0 aliphatic carbocycles. The number of methoxy groups -OCH3 is 1. The Morgan fingerprint density at radius 2 is 1.24 bits per heavy atom. The van der Waals surface area contributed by atoms with E-state index in [1.807, 2.05) is 0 Å². The van der Waals surface area contributed by atoms with Gasteiger partial charge in [-0.05, 0) is 6.42 Å². The number of rotatable bonds is 18. The van der Waals surface area contributed by atoms with E-state index in [1.165, 1.54) is 83.5 Å². The molecule has 0 amide bonds.